The SMILES string of the molecule is C=Cc1cnc2ccc(-c3ccn4c3C(=O)N(c3ccc(C(F)(F)F)cc3)C[C@@H]4C)cn12. The number of benzene rings is 1. The molecule has 3 aromatic heterocycles. The van der Waals surface area contributed by atoms with Gasteiger partial charge in [0.25, 0.3) is 5.91 Å². The Hall–Kier alpha value is -3.81. The first-order chi connectivity index (χ1) is 15.3. The van der Waals surface area contributed by atoms with Crippen LogP contribution in [-0.2, 0) is 6.18 Å². The number of halogens is 3. The highest BCUT2D eigenvalue weighted by atomic mass is 19.4. The number of carbonyl (C=O) groups is 1. The standard InChI is InChI=1S/C24H19F3N4O/c1-3-18-12-28-21-9-4-16(14-30(18)21)20-10-11-29-15(2)13-31(23(32)22(20)29)19-7-5-17(6-8-19)24(25,26)27/h3-12,14-15H,1,13H2,2H3/t15-/m0/s1. The van der Waals surface area contributed by atoms with Crippen molar-refractivity contribution in [1.29, 1.82) is 0 Å². The molecule has 0 saturated heterocycles. The molecule has 0 unspecified atom stereocenters. The van der Waals surface area contributed by atoms with Crippen molar-refractivity contribution in [2.75, 3.05) is 11.4 Å². The maximum absolute atomic E-state index is 13.5. The van der Waals surface area contributed by atoms with Gasteiger partial charge in [-0.25, -0.2) is 4.98 Å². The summed E-state index contributed by atoms with van der Waals surface area (Å²) in [6.07, 6.45) is 2.80. The zero-order chi connectivity index (χ0) is 22.6. The average Bonchev–Trinajstić information content (AvgIpc) is 3.40. The number of hydrogen-bond acceptors (Lipinski definition) is 2. The number of amides is 1. The molecule has 32 heavy (non-hydrogen) atoms. The molecule has 0 fully saturated rings. The summed E-state index contributed by atoms with van der Waals surface area (Å²) >= 11 is 0. The van der Waals surface area contributed by atoms with Crippen molar-refractivity contribution < 1.29 is 18.0 Å². The fourth-order valence-electron chi connectivity index (χ4n) is 4.20. The Labute approximate surface area is 182 Å². The van der Waals surface area contributed by atoms with Crippen LogP contribution in [0.1, 0.15) is 34.7 Å². The second kappa shape index (κ2) is 7.12. The van der Waals surface area contributed by atoms with Crippen LogP contribution in [-0.4, -0.2) is 26.4 Å². The molecule has 1 atom stereocenters. The van der Waals surface area contributed by atoms with E-state index in [4.69, 9.17) is 0 Å². The third kappa shape index (κ3) is 3.10. The molecule has 1 aliphatic rings. The maximum Gasteiger partial charge on any atom is 0.416 e. The van der Waals surface area contributed by atoms with Crippen molar-refractivity contribution in [1.82, 2.24) is 14.0 Å². The normalized spacial score (nSPS) is 16.4. The van der Waals surface area contributed by atoms with Gasteiger partial charge in [-0.3, -0.25) is 9.20 Å². The Bertz CT molecular complexity index is 1350. The van der Waals surface area contributed by atoms with Crippen molar-refractivity contribution in [2.24, 2.45) is 0 Å². The zero-order valence-electron chi connectivity index (χ0n) is 17.2. The molecule has 0 spiro atoms. The summed E-state index contributed by atoms with van der Waals surface area (Å²) < 4.78 is 42.6. The fourth-order valence-corrected chi connectivity index (χ4v) is 4.20. The Kier molecular flexibility index (Phi) is 4.47. The van der Waals surface area contributed by atoms with E-state index in [1.165, 1.54) is 17.0 Å². The summed E-state index contributed by atoms with van der Waals surface area (Å²) in [5.41, 5.74) is 3.39. The van der Waals surface area contributed by atoms with Crippen LogP contribution in [0.3, 0.4) is 0 Å². The van der Waals surface area contributed by atoms with Gasteiger partial charge >= 0.3 is 6.18 Å². The van der Waals surface area contributed by atoms with E-state index in [-0.39, 0.29) is 11.9 Å². The molecule has 0 saturated carbocycles. The van der Waals surface area contributed by atoms with Crippen molar-refractivity contribution >= 4 is 23.3 Å². The lowest BCUT2D eigenvalue weighted by atomic mass is 10.0. The molecule has 0 aliphatic carbocycles. The largest absolute Gasteiger partial charge is 0.416 e. The molecule has 0 radical (unpaired) electrons. The van der Waals surface area contributed by atoms with Gasteiger partial charge in [0.1, 0.15) is 11.3 Å². The van der Waals surface area contributed by atoms with Crippen LogP contribution in [0, 0.1) is 0 Å². The Morgan fingerprint density at radius 3 is 2.56 bits per heavy atom. The van der Waals surface area contributed by atoms with Crippen LogP contribution in [0.2, 0.25) is 0 Å². The Morgan fingerprint density at radius 2 is 1.88 bits per heavy atom. The molecule has 4 heterocycles. The van der Waals surface area contributed by atoms with Crippen molar-refractivity contribution in [3.8, 4) is 11.1 Å². The first-order valence-corrected chi connectivity index (χ1v) is 10.1. The van der Waals surface area contributed by atoms with Crippen molar-refractivity contribution in [3.63, 3.8) is 0 Å². The summed E-state index contributed by atoms with van der Waals surface area (Å²) in [5, 5.41) is 0. The number of rotatable bonds is 3. The van der Waals surface area contributed by atoms with Gasteiger partial charge in [-0.1, -0.05) is 6.58 Å². The molecule has 162 valence electrons. The maximum atomic E-state index is 13.5. The van der Waals surface area contributed by atoms with Crippen LogP contribution in [0.4, 0.5) is 18.9 Å². The average molecular weight is 436 g/mol. The first-order valence-electron chi connectivity index (χ1n) is 10.1. The summed E-state index contributed by atoms with van der Waals surface area (Å²) in [6.45, 7) is 6.15. The Balaban J connectivity index is 1.57. The van der Waals surface area contributed by atoms with Gasteiger partial charge < -0.3 is 9.47 Å². The molecule has 5 rings (SSSR count). The minimum Gasteiger partial charge on any atom is -0.338 e. The highest BCUT2D eigenvalue weighted by Crippen LogP contribution is 2.35. The van der Waals surface area contributed by atoms with Crippen LogP contribution in [0.15, 0.2) is 67.6 Å². The van der Waals surface area contributed by atoms with Crippen LogP contribution < -0.4 is 4.90 Å². The van der Waals surface area contributed by atoms with E-state index >= 15 is 0 Å². The summed E-state index contributed by atoms with van der Waals surface area (Å²) in [7, 11) is 0. The van der Waals surface area contributed by atoms with E-state index < -0.39 is 11.7 Å². The van der Waals surface area contributed by atoms with Gasteiger partial charge in [0.05, 0.1) is 17.5 Å². The molecular weight excluding hydrogens is 417 g/mol. The number of fused-ring (bicyclic) bond motifs is 2. The van der Waals surface area contributed by atoms with Gasteiger partial charge in [0.2, 0.25) is 0 Å². The smallest absolute Gasteiger partial charge is 0.338 e. The minimum absolute atomic E-state index is 0.0422. The quantitative estimate of drug-likeness (QED) is 0.414. The molecule has 8 heteroatoms. The zero-order valence-corrected chi connectivity index (χ0v) is 17.2. The molecule has 1 aromatic carbocycles. The van der Waals surface area contributed by atoms with Crippen molar-refractivity contribution in [2.45, 2.75) is 19.1 Å². The first kappa shape index (κ1) is 20.1. The van der Waals surface area contributed by atoms with Gasteiger partial charge in [0.15, 0.2) is 0 Å². The third-order valence-electron chi connectivity index (χ3n) is 5.85. The number of carbonyl (C=O) groups excluding carboxylic acids is 1. The highest BCUT2D eigenvalue weighted by molar-refractivity contribution is 6.10. The summed E-state index contributed by atoms with van der Waals surface area (Å²) in [4.78, 5) is 19.4. The topological polar surface area (TPSA) is 42.5 Å². The number of hydrogen-bond donors (Lipinski definition) is 0. The van der Waals surface area contributed by atoms with E-state index in [2.05, 4.69) is 11.6 Å². The van der Waals surface area contributed by atoms with E-state index in [1.54, 1.807) is 12.3 Å². The molecule has 5 nitrogen and oxygen atoms in total. The predicted molar refractivity (Wildman–Crippen MR) is 117 cm³/mol. The third-order valence-corrected chi connectivity index (χ3v) is 5.85. The van der Waals surface area contributed by atoms with E-state index in [9.17, 15) is 18.0 Å². The number of anilines is 1. The lowest BCUT2D eigenvalue weighted by Gasteiger charge is -2.33. The van der Waals surface area contributed by atoms with Crippen molar-refractivity contribution in [3.05, 3.63) is 84.6 Å². The van der Waals surface area contributed by atoms with E-state index in [0.29, 0.717) is 17.9 Å². The van der Waals surface area contributed by atoms with Crippen LogP contribution in [0.25, 0.3) is 22.9 Å². The molecule has 1 aliphatic heterocycles. The lowest BCUT2D eigenvalue weighted by Crippen LogP contribution is -2.42. The van der Waals surface area contributed by atoms with Crippen LogP contribution >= 0.6 is 0 Å². The number of alkyl halides is 3. The predicted octanol–water partition coefficient (Wildman–Crippen LogP) is 5.69. The molecule has 0 N–H and O–H groups in total. The molecule has 1 amide bonds. The number of nitrogens with zero attached hydrogens (tertiary/aromatic N) is 4. The molecule has 0 bridgehead atoms. The second-order valence-corrected chi connectivity index (χ2v) is 7.83. The van der Waals surface area contributed by atoms with Crippen LogP contribution in [0.5, 0.6) is 0 Å². The Morgan fingerprint density at radius 1 is 1.12 bits per heavy atom. The number of pyridine rings is 1. The monoisotopic (exact) mass is 436 g/mol. The number of aromatic nitrogens is 3. The summed E-state index contributed by atoms with van der Waals surface area (Å²) in [6, 6.07) is 10.3. The van der Waals surface area contributed by atoms with Gasteiger partial charge in [-0.05, 0) is 55.5 Å². The second-order valence-electron chi connectivity index (χ2n) is 7.83. The van der Waals surface area contributed by atoms with Gasteiger partial charge in [0, 0.05) is 41.8 Å². The summed E-state index contributed by atoms with van der Waals surface area (Å²) in [5.74, 6) is -0.252. The van der Waals surface area contributed by atoms with E-state index in [1.807, 2.05) is 46.5 Å². The van der Waals surface area contributed by atoms with E-state index in [0.717, 1.165) is 34.6 Å². The van der Waals surface area contributed by atoms with Gasteiger partial charge in [-0.2, -0.15) is 13.2 Å². The molecule has 4 aromatic rings. The lowest BCUT2D eigenvalue weighted by molar-refractivity contribution is -0.137. The fraction of sp³-hybridized carbons (Fsp3) is 0.167. The van der Waals surface area contributed by atoms with Gasteiger partial charge in [-0.15, -0.1) is 0 Å². The minimum atomic E-state index is -4.42. The molecular formula is C24H19F3N4O. The highest BCUT2D eigenvalue weighted by Gasteiger charge is 2.34. The number of imidazole rings is 1.